The van der Waals surface area contributed by atoms with Crippen molar-refractivity contribution >= 4 is 30.9 Å². The number of ketones is 1. The van der Waals surface area contributed by atoms with Crippen molar-refractivity contribution in [2.24, 2.45) is 0 Å². The van der Waals surface area contributed by atoms with E-state index < -0.39 is 25.2 Å². The van der Waals surface area contributed by atoms with E-state index in [4.69, 9.17) is 0 Å². The molecular formula is C29H55N2O5P. The molecule has 0 fully saturated rings. The first kappa shape index (κ1) is 35.8. The summed E-state index contributed by atoms with van der Waals surface area (Å²) >= 11 is 0. The lowest BCUT2D eigenvalue weighted by Gasteiger charge is -2.19. The molecule has 0 saturated carbocycles. The van der Waals surface area contributed by atoms with E-state index >= 15 is 0 Å². The third-order valence-corrected chi connectivity index (χ3v) is 7.87. The molecule has 0 radical (unpaired) electrons. The minimum Gasteiger partial charge on any atom is -0.360 e. The van der Waals surface area contributed by atoms with E-state index in [0.29, 0.717) is 32.2 Å². The first-order valence-corrected chi connectivity index (χ1v) is 16.0. The molecule has 0 heterocycles. The first-order valence-electron chi connectivity index (χ1n) is 14.7. The first-order chi connectivity index (χ1) is 17.7. The average Bonchev–Trinajstić information content (AvgIpc) is 2.83. The van der Waals surface area contributed by atoms with Crippen molar-refractivity contribution < 1.29 is 24.1 Å². The molecule has 216 valence electrons. The second-order valence-corrected chi connectivity index (χ2v) is 12.2. The van der Waals surface area contributed by atoms with E-state index in [2.05, 4.69) is 12.2 Å². The number of nitrogens with one attached hydrogen (secondary N) is 1. The van der Waals surface area contributed by atoms with Crippen LogP contribution in [0.15, 0.2) is 0 Å². The molecule has 0 aliphatic carbocycles. The summed E-state index contributed by atoms with van der Waals surface area (Å²) in [7, 11) is 1.39. The van der Waals surface area contributed by atoms with Crippen LogP contribution >= 0.6 is 8.15 Å². The van der Waals surface area contributed by atoms with Crippen molar-refractivity contribution in [1.29, 1.82) is 0 Å². The maximum absolute atomic E-state index is 12.6. The highest BCUT2D eigenvalue weighted by Crippen LogP contribution is 2.36. The van der Waals surface area contributed by atoms with Crippen LogP contribution in [0.2, 0.25) is 0 Å². The van der Waals surface area contributed by atoms with Crippen molar-refractivity contribution in [3.8, 4) is 0 Å². The maximum atomic E-state index is 12.6. The van der Waals surface area contributed by atoms with E-state index in [1.807, 2.05) is 25.9 Å². The molecule has 7 nitrogen and oxygen atoms in total. The number of hydrogen-bond acceptors (Lipinski definition) is 6. The Morgan fingerprint density at radius 3 is 1.73 bits per heavy atom. The number of hydrogen-bond donors (Lipinski definition) is 2. The van der Waals surface area contributed by atoms with Crippen molar-refractivity contribution in [2.45, 2.75) is 142 Å². The van der Waals surface area contributed by atoms with E-state index in [0.717, 1.165) is 19.3 Å². The van der Waals surface area contributed by atoms with E-state index in [1.54, 1.807) is 0 Å². The predicted molar refractivity (Wildman–Crippen MR) is 154 cm³/mol. The van der Waals surface area contributed by atoms with Gasteiger partial charge in [-0.15, -0.1) is 0 Å². The molecule has 0 spiro atoms. The molecule has 8 heteroatoms. The van der Waals surface area contributed by atoms with E-state index in [1.165, 1.54) is 57.8 Å². The van der Waals surface area contributed by atoms with Gasteiger partial charge in [-0.2, -0.15) is 0 Å². The van der Waals surface area contributed by atoms with Crippen LogP contribution in [0.25, 0.3) is 0 Å². The number of Topliss-reactive ketones (excluding diaryl/α,β-unsaturated/α-hetero) is 1. The highest BCUT2D eigenvalue weighted by Gasteiger charge is 2.28. The molecule has 0 aromatic carbocycles. The summed E-state index contributed by atoms with van der Waals surface area (Å²) in [6, 6.07) is -0.664. The number of amides is 1. The zero-order chi connectivity index (χ0) is 27.9. The second-order valence-electron chi connectivity index (χ2n) is 10.6. The SMILES string of the molecule is CCCCCCCCCCCCCCC(=O)CC(CC(=O)P(O)C(=O)CCCN(C)C)NC(=O)CCC. The van der Waals surface area contributed by atoms with Gasteiger partial charge in [-0.05, 0) is 39.9 Å². The summed E-state index contributed by atoms with van der Waals surface area (Å²) in [5.41, 5.74) is -1.01. The normalized spacial score (nSPS) is 12.9. The Balaban J connectivity index is 4.35. The fourth-order valence-corrected chi connectivity index (χ4v) is 5.37. The van der Waals surface area contributed by atoms with Gasteiger partial charge in [0.05, 0.1) is 0 Å². The van der Waals surface area contributed by atoms with Gasteiger partial charge in [-0.3, -0.25) is 19.2 Å². The Morgan fingerprint density at radius 1 is 0.676 bits per heavy atom. The van der Waals surface area contributed by atoms with Gasteiger partial charge in [0.15, 0.2) is 19.2 Å². The molecular weight excluding hydrogens is 487 g/mol. The average molecular weight is 543 g/mol. The number of nitrogens with zero attached hydrogens (tertiary/aromatic N) is 1. The van der Waals surface area contributed by atoms with Crippen LogP contribution in [0.5, 0.6) is 0 Å². The minimum atomic E-state index is -2.41. The number of rotatable bonds is 26. The van der Waals surface area contributed by atoms with Crippen LogP contribution in [0, 0.1) is 0 Å². The molecule has 0 saturated heterocycles. The molecule has 0 aromatic heterocycles. The lowest BCUT2D eigenvalue weighted by Crippen LogP contribution is -2.38. The lowest BCUT2D eigenvalue weighted by atomic mass is 10.0. The highest BCUT2D eigenvalue weighted by atomic mass is 31.1. The summed E-state index contributed by atoms with van der Waals surface area (Å²) in [5.74, 6) is -0.195. The number of carbonyl (C=O) groups excluding carboxylic acids is 4. The monoisotopic (exact) mass is 542 g/mol. The van der Waals surface area contributed by atoms with Gasteiger partial charge in [0.1, 0.15) is 5.78 Å². The summed E-state index contributed by atoms with van der Waals surface area (Å²) < 4.78 is 0. The molecule has 0 aliphatic rings. The smallest absolute Gasteiger partial charge is 0.220 e. The van der Waals surface area contributed by atoms with Crippen molar-refractivity contribution in [3.05, 3.63) is 0 Å². The van der Waals surface area contributed by atoms with Gasteiger partial charge in [-0.1, -0.05) is 84.5 Å². The Morgan fingerprint density at radius 2 is 1.22 bits per heavy atom. The van der Waals surface area contributed by atoms with Crippen molar-refractivity contribution in [3.63, 3.8) is 0 Å². The minimum absolute atomic E-state index is 0.0151. The van der Waals surface area contributed by atoms with Crippen molar-refractivity contribution in [1.82, 2.24) is 10.2 Å². The number of unbranched alkanes of at least 4 members (excludes halogenated alkanes) is 11. The Labute approximate surface area is 227 Å². The molecule has 2 unspecified atom stereocenters. The van der Waals surface area contributed by atoms with Crippen molar-refractivity contribution in [2.75, 3.05) is 20.6 Å². The standard InChI is InChI=1S/C29H55N2O5P/c1-5-7-8-9-10-11-12-13-14-15-16-17-20-26(32)23-25(30-27(33)19-6-2)24-29(35)37(36)28(34)21-18-22-31(3)4/h25,36H,5-24H2,1-4H3,(H,30,33). The lowest BCUT2D eigenvalue weighted by molar-refractivity contribution is -0.123. The fourth-order valence-electron chi connectivity index (χ4n) is 4.33. The van der Waals surface area contributed by atoms with E-state index in [-0.39, 0.29) is 31.0 Å². The maximum Gasteiger partial charge on any atom is 0.220 e. The summed E-state index contributed by atoms with van der Waals surface area (Å²) in [6.45, 7) is 4.83. The summed E-state index contributed by atoms with van der Waals surface area (Å²) in [5, 5.41) is 2.78. The zero-order valence-corrected chi connectivity index (χ0v) is 25.1. The Kier molecular flexibility index (Phi) is 23.2. The molecule has 0 rings (SSSR count). The van der Waals surface area contributed by atoms with Crippen LogP contribution < -0.4 is 5.32 Å². The van der Waals surface area contributed by atoms with Crippen LogP contribution in [0.1, 0.15) is 136 Å². The predicted octanol–water partition coefficient (Wildman–Crippen LogP) is 6.50. The quantitative estimate of drug-likeness (QED) is 0.0956. The molecule has 0 aromatic rings. The van der Waals surface area contributed by atoms with Gasteiger partial charge in [-0.25, -0.2) is 0 Å². The highest BCUT2D eigenvalue weighted by molar-refractivity contribution is 7.84. The van der Waals surface area contributed by atoms with E-state index in [9.17, 15) is 24.1 Å². The largest absolute Gasteiger partial charge is 0.360 e. The van der Waals surface area contributed by atoms with Gasteiger partial charge in [0.25, 0.3) is 0 Å². The second kappa shape index (κ2) is 23.9. The molecule has 1 amide bonds. The van der Waals surface area contributed by atoms with Crippen LogP contribution in [-0.2, 0) is 19.2 Å². The third kappa shape index (κ3) is 21.5. The zero-order valence-electron chi connectivity index (χ0n) is 24.2. The van der Waals surface area contributed by atoms with Gasteiger partial charge >= 0.3 is 0 Å². The van der Waals surface area contributed by atoms with Gasteiger partial charge in [0.2, 0.25) is 5.91 Å². The van der Waals surface area contributed by atoms with Crippen LogP contribution in [0.3, 0.4) is 0 Å². The summed E-state index contributed by atoms with van der Waals surface area (Å²) in [6.07, 6.45) is 16.8. The molecule has 2 N–H and O–H groups in total. The molecule has 0 bridgehead atoms. The third-order valence-electron chi connectivity index (χ3n) is 6.51. The van der Waals surface area contributed by atoms with Gasteiger partial charge in [0, 0.05) is 38.1 Å². The number of carbonyl (C=O) groups is 4. The molecule has 0 aliphatic heterocycles. The fraction of sp³-hybridized carbons (Fsp3) is 0.862. The molecule has 2 atom stereocenters. The molecule has 37 heavy (non-hydrogen) atoms. The Hall–Kier alpha value is -1.17. The topological polar surface area (TPSA) is 104 Å². The van der Waals surface area contributed by atoms with Gasteiger partial charge < -0.3 is 15.1 Å². The summed E-state index contributed by atoms with van der Waals surface area (Å²) in [4.78, 5) is 61.7. The van der Waals surface area contributed by atoms with Crippen LogP contribution in [0.4, 0.5) is 0 Å². The Bertz CT molecular complexity index is 642. The van der Waals surface area contributed by atoms with Crippen LogP contribution in [-0.4, -0.2) is 59.2 Å².